The number of aliphatic hydroxyl groups is 1. The number of amidine groups is 1. The summed E-state index contributed by atoms with van der Waals surface area (Å²) < 4.78 is 94.3. The summed E-state index contributed by atoms with van der Waals surface area (Å²) in [6, 6.07) is 2.94. The van der Waals surface area contributed by atoms with Gasteiger partial charge in [0, 0.05) is 6.42 Å². The third-order valence-corrected chi connectivity index (χ3v) is 7.24. The summed E-state index contributed by atoms with van der Waals surface area (Å²) in [5, 5.41) is 17.9. The Morgan fingerprint density at radius 3 is 2.55 bits per heavy atom. The summed E-state index contributed by atoms with van der Waals surface area (Å²) in [4.78, 5) is 25.8. The van der Waals surface area contributed by atoms with E-state index in [9.17, 15) is 40.6 Å². The molecule has 3 aromatic rings. The summed E-state index contributed by atoms with van der Waals surface area (Å²) in [5.41, 5.74) is -1.81. The molecule has 8 nitrogen and oxygen atoms in total. The Kier molecular flexibility index (Phi) is 5.58. The lowest BCUT2D eigenvalue weighted by atomic mass is 9.70. The van der Waals surface area contributed by atoms with Gasteiger partial charge in [0.2, 0.25) is 5.91 Å². The molecule has 1 amide bonds. The van der Waals surface area contributed by atoms with Crippen LogP contribution in [0.1, 0.15) is 36.2 Å². The van der Waals surface area contributed by atoms with Crippen molar-refractivity contribution >= 4 is 23.1 Å². The van der Waals surface area contributed by atoms with Crippen LogP contribution in [0, 0.1) is 17.6 Å². The molecule has 1 unspecified atom stereocenters. The quantitative estimate of drug-likeness (QED) is 0.426. The third-order valence-electron chi connectivity index (χ3n) is 7.24. The number of aliphatic hydroxyl groups excluding tert-OH is 1. The molecule has 1 fully saturated rings. The second-order valence-corrected chi connectivity index (χ2v) is 9.72. The van der Waals surface area contributed by atoms with Gasteiger partial charge in [0.15, 0.2) is 17.3 Å². The molecule has 4 heterocycles. The molecule has 15 heteroatoms. The number of aryl methyl sites for hydroxylation is 1. The van der Waals surface area contributed by atoms with E-state index >= 15 is 0 Å². The average Bonchev–Trinajstić information content (AvgIpc) is 3.45. The van der Waals surface area contributed by atoms with Crippen LogP contribution >= 0.6 is 0 Å². The fourth-order valence-corrected chi connectivity index (χ4v) is 5.09. The van der Waals surface area contributed by atoms with Crippen LogP contribution in [0.4, 0.5) is 30.7 Å². The van der Waals surface area contributed by atoms with Crippen LogP contribution in [0.2, 0.25) is 0 Å². The molecular weight excluding hydrogens is 549 g/mol. The van der Waals surface area contributed by atoms with E-state index in [2.05, 4.69) is 25.4 Å². The molecule has 0 spiro atoms. The molecule has 6 rings (SSSR count). The van der Waals surface area contributed by atoms with Gasteiger partial charge in [-0.3, -0.25) is 4.79 Å². The summed E-state index contributed by atoms with van der Waals surface area (Å²) in [6.45, 7) is 0. The minimum absolute atomic E-state index is 0.00961. The van der Waals surface area contributed by atoms with E-state index < -0.39 is 59.6 Å². The number of benzene rings is 1. The first-order chi connectivity index (χ1) is 18.8. The van der Waals surface area contributed by atoms with E-state index in [1.807, 2.05) is 0 Å². The maximum absolute atomic E-state index is 14.2. The maximum atomic E-state index is 14.2. The SMILES string of the molecule is O=C1NC2=NC(c3cn4ncnc4c(CCC(F)(F)C(F)(F)F)n3)=CC2=C(O)C1(c1ccc(F)c(F)c1)C1CC1. The second kappa shape index (κ2) is 8.60. The summed E-state index contributed by atoms with van der Waals surface area (Å²) >= 11 is 0. The Balaban J connectivity index is 1.43. The van der Waals surface area contributed by atoms with Gasteiger partial charge in [-0.15, -0.1) is 0 Å². The second-order valence-electron chi connectivity index (χ2n) is 9.72. The van der Waals surface area contributed by atoms with Gasteiger partial charge < -0.3 is 10.4 Å². The number of carbonyl (C=O) groups is 1. The zero-order chi connectivity index (χ0) is 28.6. The smallest absolute Gasteiger partial charge is 0.453 e. The van der Waals surface area contributed by atoms with Crippen molar-refractivity contribution in [2.75, 3.05) is 0 Å². The van der Waals surface area contributed by atoms with E-state index in [1.54, 1.807) is 0 Å². The molecule has 2 aliphatic heterocycles. The molecule has 208 valence electrons. The summed E-state index contributed by atoms with van der Waals surface area (Å²) in [7, 11) is 0. The standard InChI is InChI=1S/C25H17F7N6O2/c26-14-4-3-12(7-15(14)27)24(11-1-2-11)19(39)13-8-17(36-20(13)37-22(24)40)18-9-38-21(33-10-34-38)16(35-18)5-6-23(28,29)25(30,31)32/h3-4,7-11,39H,1-2,5-6H2,(H,36,37,40). The first kappa shape index (κ1) is 26.0. The number of alkyl halides is 5. The molecule has 1 atom stereocenters. The highest BCUT2D eigenvalue weighted by atomic mass is 19.4. The lowest BCUT2D eigenvalue weighted by Gasteiger charge is -2.36. The van der Waals surface area contributed by atoms with Crippen molar-refractivity contribution in [1.82, 2.24) is 24.9 Å². The zero-order valence-corrected chi connectivity index (χ0v) is 20.1. The van der Waals surface area contributed by atoms with Gasteiger partial charge in [-0.1, -0.05) is 6.07 Å². The molecule has 1 aromatic carbocycles. The Morgan fingerprint density at radius 1 is 1.12 bits per heavy atom. The summed E-state index contributed by atoms with van der Waals surface area (Å²) in [6.07, 6.45) is -3.33. The lowest BCUT2D eigenvalue weighted by molar-refractivity contribution is -0.284. The lowest BCUT2D eigenvalue weighted by Crippen LogP contribution is -2.54. The van der Waals surface area contributed by atoms with Crippen molar-refractivity contribution in [2.45, 2.75) is 43.2 Å². The number of rotatable bonds is 6. The monoisotopic (exact) mass is 566 g/mol. The molecule has 0 bridgehead atoms. The highest BCUT2D eigenvalue weighted by molar-refractivity contribution is 6.20. The van der Waals surface area contributed by atoms with Crippen molar-refractivity contribution in [1.29, 1.82) is 0 Å². The first-order valence-electron chi connectivity index (χ1n) is 12.0. The van der Waals surface area contributed by atoms with Gasteiger partial charge in [0.05, 0.1) is 23.2 Å². The van der Waals surface area contributed by atoms with E-state index in [1.165, 1.54) is 18.3 Å². The molecule has 2 aromatic heterocycles. The highest BCUT2D eigenvalue weighted by Crippen LogP contribution is 2.54. The van der Waals surface area contributed by atoms with Gasteiger partial charge >= 0.3 is 12.1 Å². The van der Waals surface area contributed by atoms with Gasteiger partial charge in [0.1, 0.15) is 29.0 Å². The van der Waals surface area contributed by atoms with Gasteiger partial charge in [-0.2, -0.15) is 27.1 Å². The summed E-state index contributed by atoms with van der Waals surface area (Å²) in [5.74, 6) is -8.90. The number of nitrogens with zero attached hydrogens (tertiary/aromatic N) is 5. The largest absolute Gasteiger partial charge is 0.510 e. The van der Waals surface area contributed by atoms with Crippen LogP contribution in [0.25, 0.3) is 11.3 Å². The molecule has 1 aliphatic carbocycles. The normalized spacial score (nSPS) is 21.4. The number of amides is 1. The fourth-order valence-electron chi connectivity index (χ4n) is 5.09. The van der Waals surface area contributed by atoms with Gasteiger partial charge in [0.25, 0.3) is 0 Å². The Labute approximate surface area is 220 Å². The predicted octanol–water partition coefficient (Wildman–Crippen LogP) is 4.58. The molecular formula is C25H17F7N6O2. The Morgan fingerprint density at radius 2 is 1.88 bits per heavy atom. The molecule has 2 N–H and O–H groups in total. The van der Waals surface area contributed by atoms with Crippen molar-refractivity contribution in [3.8, 4) is 0 Å². The number of hydrogen-bond acceptors (Lipinski definition) is 6. The van der Waals surface area contributed by atoms with Crippen LogP contribution in [0.15, 0.2) is 53.1 Å². The highest BCUT2D eigenvalue weighted by Gasteiger charge is 2.59. The zero-order valence-electron chi connectivity index (χ0n) is 20.1. The van der Waals surface area contributed by atoms with Gasteiger partial charge in [-0.25, -0.2) is 28.3 Å². The van der Waals surface area contributed by atoms with Crippen molar-refractivity contribution < 1.29 is 40.6 Å². The van der Waals surface area contributed by atoms with E-state index in [0.29, 0.717) is 12.8 Å². The maximum Gasteiger partial charge on any atom is 0.453 e. The van der Waals surface area contributed by atoms with Crippen molar-refractivity contribution in [2.24, 2.45) is 10.9 Å². The van der Waals surface area contributed by atoms with Crippen LogP contribution in [0.5, 0.6) is 0 Å². The number of halogens is 7. The van der Waals surface area contributed by atoms with Crippen LogP contribution in [0.3, 0.4) is 0 Å². The Bertz CT molecular complexity index is 1670. The number of carbonyl (C=O) groups excluding carboxylic acids is 1. The minimum Gasteiger partial charge on any atom is -0.510 e. The molecule has 0 radical (unpaired) electrons. The Hall–Kier alpha value is -4.30. The molecule has 1 saturated carbocycles. The van der Waals surface area contributed by atoms with E-state index in [4.69, 9.17) is 0 Å². The molecule has 0 saturated heterocycles. The first-order valence-corrected chi connectivity index (χ1v) is 12.0. The van der Waals surface area contributed by atoms with E-state index in [0.717, 1.165) is 23.0 Å². The number of nitrogens with one attached hydrogen (secondary N) is 1. The van der Waals surface area contributed by atoms with Crippen molar-refractivity contribution in [3.05, 3.63) is 76.7 Å². The number of hydrogen-bond donors (Lipinski definition) is 2. The average molecular weight is 566 g/mol. The number of aliphatic imine (C=N–C) groups is 1. The molecule has 3 aliphatic rings. The fraction of sp³-hybridized carbons (Fsp3) is 0.320. The van der Waals surface area contributed by atoms with E-state index in [-0.39, 0.29) is 39.7 Å². The van der Waals surface area contributed by atoms with Crippen LogP contribution in [-0.4, -0.2) is 48.5 Å². The molecule has 40 heavy (non-hydrogen) atoms. The van der Waals surface area contributed by atoms with Crippen LogP contribution in [-0.2, 0) is 16.6 Å². The minimum atomic E-state index is -5.74. The number of aromatic nitrogens is 4. The van der Waals surface area contributed by atoms with Crippen LogP contribution < -0.4 is 5.32 Å². The topological polar surface area (TPSA) is 105 Å². The predicted molar refractivity (Wildman–Crippen MR) is 124 cm³/mol. The number of fused-ring (bicyclic) bond motifs is 2. The third kappa shape index (κ3) is 3.85. The van der Waals surface area contributed by atoms with Gasteiger partial charge in [-0.05, 0) is 49.0 Å². The van der Waals surface area contributed by atoms with Crippen molar-refractivity contribution in [3.63, 3.8) is 0 Å².